The summed E-state index contributed by atoms with van der Waals surface area (Å²) >= 11 is 0. The smallest absolute Gasteiger partial charge is 0.255 e. The highest BCUT2D eigenvalue weighted by Crippen LogP contribution is 2.11. The Hall–Kier alpha value is -2.74. The van der Waals surface area contributed by atoms with Crippen molar-refractivity contribution in [1.29, 1.82) is 0 Å². The van der Waals surface area contributed by atoms with E-state index in [2.05, 4.69) is 19.8 Å². The number of rotatable bonds is 6. The van der Waals surface area contributed by atoms with E-state index in [1.807, 2.05) is 43.3 Å². The van der Waals surface area contributed by atoms with Gasteiger partial charge >= 0.3 is 0 Å². The molecule has 0 fully saturated rings. The highest BCUT2D eigenvalue weighted by molar-refractivity contribution is 7.91. The van der Waals surface area contributed by atoms with Gasteiger partial charge in [-0.05, 0) is 24.6 Å². The molecule has 0 aliphatic carbocycles. The summed E-state index contributed by atoms with van der Waals surface area (Å²) in [6.07, 6.45) is 3.16. The first-order valence-electron chi connectivity index (χ1n) is 7.35. The summed E-state index contributed by atoms with van der Waals surface area (Å²) in [5.41, 5.74) is 2.55. The van der Waals surface area contributed by atoms with Crippen LogP contribution in [-0.2, 0) is 22.3 Å². The Morgan fingerprint density at radius 1 is 1.12 bits per heavy atom. The van der Waals surface area contributed by atoms with Gasteiger partial charge in [0.1, 0.15) is 6.33 Å². The molecule has 2 heterocycles. The van der Waals surface area contributed by atoms with Crippen molar-refractivity contribution in [3.05, 3.63) is 71.8 Å². The van der Waals surface area contributed by atoms with E-state index in [-0.39, 0.29) is 11.7 Å². The Morgan fingerprint density at radius 2 is 2.00 bits per heavy atom. The Labute approximate surface area is 140 Å². The molecule has 0 radical (unpaired) electrons. The lowest BCUT2D eigenvalue weighted by Crippen LogP contribution is -2.16. The van der Waals surface area contributed by atoms with Crippen LogP contribution in [0.25, 0.3) is 0 Å². The van der Waals surface area contributed by atoms with Crippen LogP contribution >= 0.6 is 0 Å². The van der Waals surface area contributed by atoms with Crippen molar-refractivity contribution in [2.75, 3.05) is 4.72 Å². The fourth-order valence-corrected chi connectivity index (χ4v) is 3.33. The molecule has 0 unspecified atom stereocenters. The topological polar surface area (TPSA) is 89.8 Å². The van der Waals surface area contributed by atoms with E-state index < -0.39 is 10.0 Å². The van der Waals surface area contributed by atoms with Crippen molar-refractivity contribution in [3.63, 3.8) is 0 Å². The second-order valence-corrected chi connectivity index (χ2v) is 7.16. The predicted molar refractivity (Wildman–Crippen MR) is 90.8 cm³/mol. The molecule has 0 spiro atoms. The molecule has 24 heavy (non-hydrogen) atoms. The second-order valence-electron chi connectivity index (χ2n) is 5.44. The van der Waals surface area contributed by atoms with E-state index in [4.69, 9.17) is 0 Å². The van der Waals surface area contributed by atoms with E-state index in [1.165, 1.54) is 11.0 Å². The SMILES string of the molecule is Cc1cccc(CS(=O)(=O)Nc2ncn(Cc3ccccn3)n2)c1. The lowest BCUT2D eigenvalue weighted by molar-refractivity contribution is 0.599. The van der Waals surface area contributed by atoms with Gasteiger partial charge < -0.3 is 0 Å². The van der Waals surface area contributed by atoms with Crippen LogP contribution in [0.3, 0.4) is 0 Å². The number of hydrogen-bond donors (Lipinski definition) is 1. The molecule has 0 aliphatic rings. The third-order valence-corrected chi connectivity index (χ3v) is 4.48. The van der Waals surface area contributed by atoms with Crippen LogP contribution in [0.2, 0.25) is 0 Å². The van der Waals surface area contributed by atoms with E-state index in [0.717, 1.165) is 16.8 Å². The maximum absolute atomic E-state index is 12.2. The fraction of sp³-hybridized carbons (Fsp3) is 0.188. The zero-order valence-corrected chi connectivity index (χ0v) is 13.9. The maximum Gasteiger partial charge on any atom is 0.255 e. The third kappa shape index (κ3) is 4.39. The summed E-state index contributed by atoms with van der Waals surface area (Å²) in [7, 11) is -3.57. The molecule has 124 valence electrons. The van der Waals surface area contributed by atoms with Crippen LogP contribution in [0.15, 0.2) is 55.0 Å². The molecular weight excluding hydrogens is 326 g/mol. The molecular formula is C16H17N5O2S. The van der Waals surface area contributed by atoms with Gasteiger partial charge in [0, 0.05) is 6.20 Å². The average Bonchev–Trinajstić information content (AvgIpc) is 2.94. The van der Waals surface area contributed by atoms with Crippen molar-refractivity contribution in [2.24, 2.45) is 0 Å². The van der Waals surface area contributed by atoms with Gasteiger partial charge in [0.2, 0.25) is 10.0 Å². The quantitative estimate of drug-likeness (QED) is 0.739. The van der Waals surface area contributed by atoms with Crippen molar-refractivity contribution >= 4 is 16.0 Å². The molecule has 8 heteroatoms. The number of aromatic nitrogens is 4. The predicted octanol–water partition coefficient (Wildman–Crippen LogP) is 1.97. The van der Waals surface area contributed by atoms with Crippen molar-refractivity contribution in [1.82, 2.24) is 19.7 Å². The number of anilines is 1. The normalized spacial score (nSPS) is 11.4. The summed E-state index contributed by atoms with van der Waals surface area (Å²) in [6, 6.07) is 12.9. The molecule has 0 saturated carbocycles. The average molecular weight is 343 g/mol. The maximum atomic E-state index is 12.2. The molecule has 0 aliphatic heterocycles. The van der Waals surface area contributed by atoms with Crippen LogP contribution in [0, 0.1) is 6.92 Å². The Bertz CT molecular complexity index is 922. The van der Waals surface area contributed by atoms with Gasteiger partial charge in [0.05, 0.1) is 18.0 Å². The Kier molecular flexibility index (Phi) is 4.57. The zero-order chi connectivity index (χ0) is 17.0. The molecule has 0 atom stereocenters. The molecule has 3 rings (SSSR count). The van der Waals surface area contributed by atoms with Gasteiger partial charge in [0.15, 0.2) is 0 Å². The lowest BCUT2D eigenvalue weighted by Gasteiger charge is -2.05. The van der Waals surface area contributed by atoms with Crippen molar-refractivity contribution in [2.45, 2.75) is 19.2 Å². The van der Waals surface area contributed by atoms with Gasteiger partial charge in [-0.2, -0.15) is 4.98 Å². The monoisotopic (exact) mass is 343 g/mol. The number of hydrogen-bond acceptors (Lipinski definition) is 5. The van der Waals surface area contributed by atoms with E-state index in [1.54, 1.807) is 12.3 Å². The summed E-state index contributed by atoms with van der Waals surface area (Å²) in [6.45, 7) is 2.35. The van der Waals surface area contributed by atoms with E-state index in [9.17, 15) is 8.42 Å². The van der Waals surface area contributed by atoms with E-state index in [0.29, 0.717) is 6.54 Å². The number of nitrogens with one attached hydrogen (secondary N) is 1. The minimum Gasteiger partial charge on any atom is -0.259 e. The Balaban J connectivity index is 1.67. The summed E-state index contributed by atoms with van der Waals surface area (Å²) in [5.74, 6) is -0.0673. The van der Waals surface area contributed by atoms with Crippen molar-refractivity contribution < 1.29 is 8.42 Å². The fourth-order valence-electron chi connectivity index (χ4n) is 2.27. The second kappa shape index (κ2) is 6.79. The molecule has 0 amide bonds. The van der Waals surface area contributed by atoms with Crippen LogP contribution in [0.4, 0.5) is 5.95 Å². The van der Waals surface area contributed by atoms with Gasteiger partial charge in [-0.3, -0.25) is 4.98 Å². The lowest BCUT2D eigenvalue weighted by atomic mass is 10.2. The number of aryl methyl sites for hydroxylation is 1. The molecule has 0 saturated heterocycles. The van der Waals surface area contributed by atoms with Crippen LogP contribution < -0.4 is 4.72 Å². The van der Waals surface area contributed by atoms with E-state index >= 15 is 0 Å². The number of benzene rings is 1. The summed E-state index contributed by atoms with van der Waals surface area (Å²) < 4.78 is 28.4. The minimum atomic E-state index is -3.57. The van der Waals surface area contributed by atoms with Gasteiger partial charge in [0.25, 0.3) is 5.95 Å². The first kappa shape index (κ1) is 16.1. The first-order chi connectivity index (χ1) is 11.5. The van der Waals surface area contributed by atoms with Gasteiger partial charge in [-0.15, -0.1) is 5.10 Å². The van der Waals surface area contributed by atoms with Crippen molar-refractivity contribution in [3.8, 4) is 0 Å². The molecule has 2 aromatic heterocycles. The molecule has 1 aromatic carbocycles. The van der Waals surface area contributed by atoms with Crippen LogP contribution in [0.5, 0.6) is 0 Å². The molecule has 7 nitrogen and oxygen atoms in total. The third-order valence-electron chi connectivity index (χ3n) is 3.27. The first-order valence-corrected chi connectivity index (χ1v) is 9.01. The van der Waals surface area contributed by atoms with Gasteiger partial charge in [-0.25, -0.2) is 17.8 Å². The summed E-state index contributed by atoms with van der Waals surface area (Å²) in [5, 5.41) is 4.13. The Morgan fingerprint density at radius 3 is 2.75 bits per heavy atom. The highest BCUT2D eigenvalue weighted by Gasteiger charge is 2.14. The molecule has 1 N–H and O–H groups in total. The minimum absolute atomic E-state index is 0.0542. The highest BCUT2D eigenvalue weighted by atomic mass is 32.2. The van der Waals surface area contributed by atoms with Crippen LogP contribution in [0.1, 0.15) is 16.8 Å². The standard InChI is InChI=1S/C16H17N5O2S/c1-13-5-4-6-14(9-13)11-24(22,23)20-16-18-12-21(19-16)10-15-7-2-3-8-17-15/h2-9,12H,10-11H2,1H3,(H,19,20). The van der Waals surface area contributed by atoms with Crippen LogP contribution in [-0.4, -0.2) is 28.2 Å². The number of sulfonamides is 1. The summed E-state index contributed by atoms with van der Waals surface area (Å²) in [4.78, 5) is 8.19. The number of pyridine rings is 1. The zero-order valence-electron chi connectivity index (χ0n) is 13.1. The largest absolute Gasteiger partial charge is 0.259 e. The molecule has 3 aromatic rings. The number of nitrogens with zero attached hydrogens (tertiary/aromatic N) is 4. The van der Waals surface area contributed by atoms with Gasteiger partial charge in [-0.1, -0.05) is 35.9 Å². The molecule has 0 bridgehead atoms.